The van der Waals surface area contributed by atoms with Crippen molar-refractivity contribution in [1.29, 1.82) is 0 Å². The van der Waals surface area contributed by atoms with Gasteiger partial charge >= 0.3 is 0 Å². The van der Waals surface area contributed by atoms with Crippen LogP contribution in [0.25, 0.3) is 0 Å². The van der Waals surface area contributed by atoms with E-state index in [4.69, 9.17) is 0 Å². The van der Waals surface area contributed by atoms with E-state index in [2.05, 4.69) is 59.3 Å². The quantitative estimate of drug-likeness (QED) is 0.437. The van der Waals surface area contributed by atoms with E-state index in [-0.39, 0.29) is 5.75 Å². The van der Waals surface area contributed by atoms with Crippen LogP contribution in [-0.4, -0.2) is 26.2 Å². The Kier molecular flexibility index (Phi) is 5.70. The molecule has 0 unspecified atom stereocenters. The standard InChI is InChI=1S/C16H12Br2N4OS/c17-13-6-12(15(23)14(18)7-13)8-20-22-10-19-21-16(22)24-9-11-4-2-1-3-5-11/h1-8,10,23H,9H2/b20-8+. The highest BCUT2D eigenvalue weighted by atomic mass is 79.9. The molecular formula is C16H12Br2N4OS. The molecule has 0 saturated heterocycles. The molecule has 0 spiro atoms. The Hall–Kier alpha value is -1.64. The number of rotatable bonds is 5. The fourth-order valence-electron chi connectivity index (χ4n) is 1.92. The van der Waals surface area contributed by atoms with E-state index in [1.807, 2.05) is 18.2 Å². The van der Waals surface area contributed by atoms with E-state index in [0.717, 1.165) is 10.2 Å². The maximum absolute atomic E-state index is 10.1. The van der Waals surface area contributed by atoms with Crippen LogP contribution in [0.5, 0.6) is 5.75 Å². The van der Waals surface area contributed by atoms with Crippen LogP contribution in [-0.2, 0) is 5.75 Å². The third-order valence-electron chi connectivity index (χ3n) is 3.09. The Balaban J connectivity index is 1.76. The van der Waals surface area contributed by atoms with Crippen molar-refractivity contribution in [2.24, 2.45) is 5.10 Å². The van der Waals surface area contributed by atoms with Crippen LogP contribution in [0.15, 0.2) is 68.0 Å². The lowest BCUT2D eigenvalue weighted by Gasteiger charge is -2.04. The first-order valence-electron chi connectivity index (χ1n) is 6.92. The minimum Gasteiger partial charge on any atom is -0.506 e. The summed E-state index contributed by atoms with van der Waals surface area (Å²) in [7, 11) is 0. The number of aromatic hydroxyl groups is 1. The van der Waals surface area contributed by atoms with Gasteiger partial charge in [0.15, 0.2) is 0 Å². The van der Waals surface area contributed by atoms with E-state index in [0.29, 0.717) is 15.2 Å². The second-order valence-corrected chi connectivity index (χ2v) is 7.51. The van der Waals surface area contributed by atoms with Crippen LogP contribution in [0.2, 0.25) is 0 Å². The van der Waals surface area contributed by atoms with Gasteiger partial charge in [-0.3, -0.25) is 0 Å². The van der Waals surface area contributed by atoms with Gasteiger partial charge in [0, 0.05) is 15.8 Å². The predicted molar refractivity (Wildman–Crippen MR) is 103 cm³/mol. The molecular weight excluding hydrogens is 456 g/mol. The van der Waals surface area contributed by atoms with Gasteiger partial charge in [0.2, 0.25) is 5.16 Å². The number of phenols is 1. The van der Waals surface area contributed by atoms with Crippen molar-refractivity contribution in [3.8, 4) is 5.75 Å². The SMILES string of the molecule is Oc1c(Br)cc(Br)cc1/C=N/n1cnnc1SCc1ccccc1. The van der Waals surface area contributed by atoms with E-state index >= 15 is 0 Å². The summed E-state index contributed by atoms with van der Waals surface area (Å²) in [6.07, 6.45) is 3.11. The van der Waals surface area contributed by atoms with Crippen molar-refractivity contribution < 1.29 is 5.11 Å². The van der Waals surface area contributed by atoms with Crippen LogP contribution < -0.4 is 0 Å². The summed E-state index contributed by atoms with van der Waals surface area (Å²) in [4.78, 5) is 0. The Morgan fingerprint density at radius 3 is 2.79 bits per heavy atom. The molecule has 0 bridgehead atoms. The molecule has 2 aromatic carbocycles. The van der Waals surface area contributed by atoms with Gasteiger partial charge in [0.1, 0.15) is 12.1 Å². The molecule has 24 heavy (non-hydrogen) atoms. The molecule has 0 atom stereocenters. The maximum Gasteiger partial charge on any atom is 0.212 e. The van der Waals surface area contributed by atoms with Gasteiger partial charge in [-0.15, -0.1) is 10.2 Å². The maximum atomic E-state index is 10.1. The van der Waals surface area contributed by atoms with Crippen LogP contribution in [0.4, 0.5) is 0 Å². The van der Waals surface area contributed by atoms with Crippen LogP contribution in [0.3, 0.4) is 0 Å². The fraction of sp³-hybridized carbons (Fsp3) is 0.0625. The third kappa shape index (κ3) is 4.25. The molecule has 0 aliphatic rings. The minimum atomic E-state index is 0.133. The van der Waals surface area contributed by atoms with E-state index in [1.165, 1.54) is 11.9 Å². The minimum absolute atomic E-state index is 0.133. The molecule has 0 fully saturated rings. The van der Waals surface area contributed by atoms with Crippen molar-refractivity contribution in [2.45, 2.75) is 10.9 Å². The van der Waals surface area contributed by atoms with Crippen LogP contribution in [0, 0.1) is 0 Å². The second kappa shape index (κ2) is 7.96. The molecule has 0 aliphatic heterocycles. The molecule has 5 nitrogen and oxygen atoms in total. The molecule has 1 heterocycles. The van der Waals surface area contributed by atoms with Gasteiger partial charge in [-0.2, -0.15) is 9.78 Å². The Labute approximate surface area is 160 Å². The number of phenolic OH excluding ortho intramolecular Hbond substituents is 1. The third-order valence-corrected chi connectivity index (χ3v) is 5.16. The lowest BCUT2D eigenvalue weighted by molar-refractivity contribution is 0.471. The molecule has 0 radical (unpaired) electrons. The lowest BCUT2D eigenvalue weighted by Crippen LogP contribution is -1.93. The average molecular weight is 468 g/mol. The smallest absolute Gasteiger partial charge is 0.212 e. The van der Waals surface area contributed by atoms with E-state index < -0.39 is 0 Å². The summed E-state index contributed by atoms with van der Waals surface area (Å²) in [5, 5.41) is 23.1. The highest BCUT2D eigenvalue weighted by Crippen LogP contribution is 2.30. The first-order chi connectivity index (χ1) is 11.6. The highest BCUT2D eigenvalue weighted by Gasteiger charge is 2.07. The lowest BCUT2D eigenvalue weighted by atomic mass is 10.2. The molecule has 3 aromatic rings. The van der Waals surface area contributed by atoms with Gasteiger partial charge in [0.25, 0.3) is 0 Å². The highest BCUT2D eigenvalue weighted by molar-refractivity contribution is 9.11. The zero-order valence-electron chi connectivity index (χ0n) is 12.3. The number of aromatic nitrogens is 3. The van der Waals surface area contributed by atoms with Gasteiger partial charge in [-0.1, -0.05) is 58.0 Å². The number of halogens is 2. The van der Waals surface area contributed by atoms with Crippen LogP contribution >= 0.6 is 43.6 Å². The topological polar surface area (TPSA) is 63.3 Å². The predicted octanol–water partition coefficient (Wildman–Crippen LogP) is 4.68. The van der Waals surface area contributed by atoms with E-state index in [9.17, 15) is 5.11 Å². The summed E-state index contributed by atoms with van der Waals surface area (Å²) < 4.78 is 3.03. The van der Waals surface area contributed by atoms with Crippen molar-refractivity contribution >= 4 is 49.8 Å². The number of hydrogen-bond acceptors (Lipinski definition) is 5. The molecule has 8 heteroatoms. The molecule has 0 aliphatic carbocycles. The molecule has 122 valence electrons. The van der Waals surface area contributed by atoms with Crippen LogP contribution in [0.1, 0.15) is 11.1 Å². The van der Waals surface area contributed by atoms with Crippen molar-refractivity contribution in [3.05, 3.63) is 68.9 Å². The molecule has 1 N–H and O–H groups in total. The first kappa shape index (κ1) is 17.2. The Bertz CT molecular complexity index is 868. The summed E-state index contributed by atoms with van der Waals surface area (Å²) in [5.41, 5.74) is 1.79. The molecule has 3 rings (SSSR count). The first-order valence-corrected chi connectivity index (χ1v) is 9.50. The Morgan fingerprint density at radius 1 is 1.21 bits per heavy atom. The van der Waals surface area contributed by atoms with Gasteiger partial charge in [-0.05, 0) is 33.6 Å². The zero-order valence-corrected chi connectivity index (χ0v) is 16.3. The molecule has 0 saturated carbocycles. The van der Waals surface area contributed by atoms with Gasteiger partial charge < -0.3 is 5.11 Å². The Morgan fingerprint density at radius 2 is 2.00 bits per heavy atom. The number of benzene rings is 2. The molecule has 1 aromatic heterocycles. The number of nitrogens with zero attached hydrogens (tertiary/aromatic N) is 4. The van der Waals surface area contributed by atoms with Crippen molar-refractivity contribution in [2.75, 3.05) is 0 Å². The summed E-state index contributed by atoms with van der Waals surface area (Å²) >= 11 is 8.24. The zero-order chi connectivity index (χ0) is 16.9. The summed E-state index contributed by atoms with van der Waals surface area (Å²) in [6.45, 7) is 0. The largest absolute Gasteiger partial charge is 0.506 e. The summed E-state index contributed by atoms with van der Waals surface area (Å²) in [6, 6.07) is 13.7. The number of hydrogen-bond donors (Lipinski definition) is 1. The second-order valence-electron chi connectivity index (χ2n) is 4.80. The fourth-order valence-corrected chi connectivity index (χ4v) is 4.00. The monoisotopic (exact) mass is 466 g/mol. The normalized spacial score (nSPS) is 11.2. The van der Waals surface area contributed by atoms with Gasteiger partial charge in [0.05, 0.1) is 10.7 Å². The van der Waals surface area contributed by atoms with Crippen molar-refractivity contribution in [1.82, 2.24) is 14.9 Å². The number of thioether (sulfide) groups is 1. The van der Waals surface area contributed by atoms with E-state index in [1.54, 1.807) is 34.8 Å². The molecule has 0 amide bonds. The summed E-state index contributed by atoms with van der Waals surface area (Å²) in [5.74, 6) is 0.913. The average Bonchev–Trinajstić information content (AvgIpc) is 3.03. The van der Waals surface area contributed by atoms with Crippen molar-refractivity contribution in [3.63, 3.8) is 0 Å². The van der Waals surface area contributed by atoms with Gasteiger partial charge in [-0.25, -0.2) is 0 Å².